The fourth-order valence-corrected chi connectivity index (χ4v) is 2.26. The summed E-state index contributed by atoms with van der Waals surface area (Å²) in [6.45, 7) is 4.33. The summed E-state index contributed by atoms with van der Waals surface area (Å²) in [6.07, 6.45) is 0.841. The molecule has 4 heteroatoms. The molecule has 1 aromatic rings. The van der Waals surface area contributed by atoms with Crippen molar-refractivity contribution in [2.24, 2.45) is 0 Å². The van der Waals surface area contributed by atoms with Crippen molar-refractivity contribution < 1.29 is 9.53 Å². The fraction of sp³-hybridized carbons (Fsp3) is 0.500. The molecule has 0 bridgehead atoms. The molecule has 1 heterocycles. The van der Waals surface area contributed by atoms with E-state index in [1.807, 2.05) is 36.1 Å². The number of hydrogen-bond acceptors (Lipinski definition) is 3. The standard InChI is InChI=1S/C14H20N2O2/c1-3-13-14(17)16(8-7-15-13)10-11-5-4-6-12(9-11)18-2/h4-6,9,13,15H,3,7-8,10H2,1-2H3. The van der Waals surface area contributed by atoms with Crippen LogP contribution in [0.2, 0.25) is 0 Å². The summed E-state index contributed by atoms with van der Waals surface area (Å²) in [7, 11) is 1.65. The Labute approximate surface area is 108 Å². The molecule has 1 amide bonds. The van der Waals surface area contributed by atoms with Crippen LogP contribution in [0, 0.1) is 0 Å². The Morgan fingerprint density at radius 1 is 1.50 bits per heavy atom. The number of ether oxygens (including phenoxy) is 1. The Morgan fingerprint density at radius 3 is 3.06 bits per heavy atom. The molecule has 0 radical (unpaired) electrons. The topological polar surface area (TPSA) is 41.6 Å². The molecule has 1 aliphatic heterocycles. The van der Waals surface area contributed by atoms with Crippen molar-refractivity contribution in [2.75, 3.05) is 20.2 Å². The van der Waals surface area contributed by atoms with E-state index >= 15 is 0 Å². The van der Waals surface area contributed by atoms with Gasteiger partial charge in [-0.05, 0) is 24.1 Å². The van der Waals surface area contributed by atoms with E-state index in [4.69, 9.17) is 4.74 Å². The summed E-state index contributed by atoms with van der Waals surface area (Å²) >= 11 is 0. The first-order valence-corrected chi connectivity index (χ1v) is 6.39. The van der Waals surface area contributed by atoms with Crippen LogP contribution >= 0.6 is 0 Å². The second-order valence-electron chi connectivity index (χ2n) is 4.53. The molecule has 1 unspecified atom stereocenters. The van der Waals surface area contributed by atoms with Gasteiger partial charge in [0.05, 0.1) is 13.2 Å². The highest BCUT2D eigenvalue weighted by atomic mass is 16.5. The second kappa shape index (κ2) is 5.87. The van der Waals surface area contributed by atoms with Crippen molar-refractivity contribution in [3.63, 3.8) is 0 Å². The van der Waals surface area contributed by atoms with Crippen LogP contribution < -0.4 is 10.1 Å². The number of methoxy groups -OCH3 is 1. The fourth-order valence-electron chi connectivity index (χ4n) is 2.26. The largest absolute Gasteiger partial charge is 0.497 e. The van der Waals surface area contributed by atoms with Crippen LogP contribution in [0.15, 0.2) is 24.3 Å². The predicted octanol–water partition coefficient (Wildman–Crippen LogP) is 1.41. The lowest BCUT2D eigenvalue weighted by Crippen LogP contribution is -2.54. The van der Waals surface area contributed by atoms with Gasteiger partial charge < -0.3 is 15.0 Å². The summed E-state index contributed by atoms with van der Waals surface area (Å²) in [6, 6.07) is 7.86. The first-order valence-electron chi connectivity index (χ1n) is 6.39. The maximum Gasteiger partial charge on any atom is 0.240 e. The molecule has 0 saturated carbocycles. The van der Waals surface area contributed by atoms with E-state index in [0.29, 0.717) is 6.54 Å². The summed E-state index contributed by atoms with van der Waals surface area (Å²) in [4.78, 5) is 14.1. The van der Waals surface area contributed by atoms with E-state index in [-0.39, 0.29) is 11.9 Å². The van der Waals surface area contributed by atoms with E-state index in [1.54, 1.807) is 7.11 Å². The second-order valence-corrected chi connectivity index (χ2v) is 4.53. The van der Waals surface area contributed by atoms with E-state index < -0.39 is 0 Å². The minimum absolute atomic E-state index is 0.0237. The molecular formula is C14H20N2O2. The lowest BCUT2D eigenvalue weighted by atomic mass is 10.1. The summed E-state index contributed by atoms with van der Waals surface area (Å²) in [5.41, 5.74) is 1.11. The molecule has 0 aromatic heterocycles. The summed E-state index contributed by atoms with van der Waals surface area (Å²) in [5.74, 6) is 1.04. The number of carbonyl (C=O) groups excluding carboxylic acids is 1. The molecule has 1 N–H and O–H groups in total. The normalized spacial score (nSPS) is 20.0. The van der Waals surface area contributed by atoms with E-state index in [1.165, 1.54) is 0 Å². The quantitative estimate of drug-likeness (QED) is 0.876. The van der Waals surface area contributed by atoms with Crippen molar-refractivity contribution in [1.29, 1.82) is 0 Å². The molecular weight excluding hydrogens is 228 g/mol. The lowest BCUT2D eigenvalue weighted by Gasteiger charge is -2.32. The van der Waals surface area contributed by atoms with Crippen LogP contribution in [0.4, 0.5) is 0 Å². The molecule has 0 spiro atoms. The molecule has 18 heavy (non-hydrogen) atoms. The average Bonchev–Trinajstić information content (AvgIpc) is 2.41. The van der Waals surface area contributed by atoms with E-state index in [0.717, 1.165) is 30.8 Å². The molecule has 1 atom stereocenters. The minimum atomic E-state index is -0.0237. The van der Waals surface area contributed by atoms with Crippen LogP contribution in [-0.4, -0.2) is 37.0 Å². The zero-order valence-corrected chi connectivity index (χ0v) is 11.0. The first kappa shape index (κ1) is 12.9. The molecule has 1 saturated heterocycles. The maximum atomic E-state index is 12.1. The van der Waals surface area contributed by atoms with Crippen LogP contribution in [0.25, 0.3) is 0 Å². The smallest absolute Gasteiger partial charge is 0.240 e. The first-order chi connectivity index (χ1) is 8.74. The number of nitrogens with one attached hydrogen (secondary N) is 1. The SMILES string of the molecule is CCC1NCCN(Cc2cccc(OC)c2)C1=O. The molecule has 1 aliphatic rings. The van der Waals surface area contributed by atoms with E-state index in [2.05, 4.69) is 5.32 Å². The number of nitrogens with zero attached hydrogens (tertiary/aromatic N) is 1. The average molecular weight is 248 g/mol. The zero-order valence-electron chi connectivity index (χ0n) is 11.0. The predicted molar refractivity (Wildman–Crippen MR) is 70.5 cm³/mol. The van der Waals surface area contributed by atoms with Crippen LogP contribution in [0.1, 0.15) is 18.9 Å². The van der Waals surface area contributed by atoms with Crippen molar-refractivity contribution in [1.82, 2.24) is 10.2 Å². The van der Waals surface area contributed by atoms with Gasteiger partial charge in [-0.25, -0.2) is 0 Å². The highest BCUT2D eigenvalue weighted by Gasteiger charge is 2.26. The number of amides is 1. The summed E-state index contributed by atoms with van der Waals surface area (Å²) < 4.78 is 5.20. The van der Waals surface area contributed by atoms with Crippen molar-refractivity contribution in [3.05, 3.63) is 29.8 Å². The Morgan fingerprint density at radius 2 is 2.33 bits per heavy atom. The number of hydrogen-bond donors (Lipinski definition) is 1. The van der Waals surface area contributed by atoms with E-state index in [9.17, 15) is 4.79 Å². The van der Waals surface area contributed by atoms with Gasteiger partial charge in [-0.15, -0.1) is 0 Å². The van der Waals surface area contributed by atoms with Crippen LogP contribution in [-0.2, 0) is 11.3 Å². The van der Waals surface area contributed by atoms with Crippen LogP contribution in [0.5, 0.6) is 5.75 Å². The number of rotatable bonds is 4. The highest BCUT2D eigenvalue weighted by Crippen LogP contribution is 2.16. The number of benzene rings is 1. The van der Waals surface area contributed by atoms with Crippen molar-refractivity contribution in [2.45, 2.75) is 25.9 Å². The van der Waals surface area contributed by atoms with Gasteiger partial charge in [0.2, 0.25) is 5.91 Å². The van der Waals surface area contributed by atoms with Gasteiger partial charge in [-0.2, -0.15) is 0 Å². The number of piperazine rings is 1. The Bertz CT molecular complexity index is 420. The van der Waals surface area contributed by atoms with Crippen molar-refractivity contribution >= 4 is 5.91 Å². The maximum absolute atomic E-state index is 12.1. The molecule has 1 fully saturated rings. The third-order valence-corrected chi connectivity index (χ3v) is 3.30. The number of carbonyl (C=O) groups is 1. The molecule has 0 aliphatic carbocycles. The highest BCUT2D eigenvalue weighted by molar-refractivity contribution is 5.82. The third-order valence-electron chi connectivity index (χ3n) is 3.30. The Balaban J connectivity index is 2.05. The minimum Gasteiger partial charge on any atom is -0.497 e. The van der Waals surface area contributed by atoms with Gasteiger partial charge in [0.25, 0.3) is 0 Å². The zero-order chi connectivity index (χ0) is 13.0. The molecule has 4 nitrogen and oxygen atoms in total. The van der Waals surface area contributed by atoms with Gasteiger partial charge in [0.1, 0.15) is 5.75 Å². The van der Waals surface area contributed by atoms with Gasteiger partial charge in [-0.1, -0.05) is 19.1 Å². The summed E-state index contributed by atoms with van der Waals surface area (Å²) in [5, 5.41) is 3.24. The van der Waals surface area contributed by atoms with Crippen LogP contribution in [0.3, 0.4) is 0 Å². The Kier molecular flexibility index (Phi) is 4.20. The van der Waals surface area contributed by atoms with Gasteiger partial charge >= 0.3 is 0 Å². The van der Waals surface area contributed by atoms with Gasteiger partial charge in [-0.3, -0.25) is 4.79 Å². The molecule has 1 aromatic carbocycles. The van der Waals surface area contributed by atoms with Crippen molar-refractivity contribution in [3.8, 4) is 5.75 Å². The molecule has 2 rings (SSSR count). The lowest BCUT2D eigenvalue weighted by molar-refractivity contribution is -0.136. The third kappa shape index (κ3) is 2.82. The van der Waals surface area contributed by atoms with Gasteiger partial charge in [0, 0.05) is 19.6 Å². The Hall–Kier alpha value is -1.55. The van der Waals surface area contributed by atoms with Gasteiger partial charge in [0.15, 0.2) is 0 Å². The monoisotopic (exact) mass is 248 g/mol. The molecule has 98 valence electrons.